The van der Waals surface area contributed by atoms with Gasteiger partial charge in [-0.25, -0.2) is 9.97 Å². The third-order valence-electron chi connectivity index (χ3n) is 5.03. The molecule has 11 nitrogen and oxygen atoms in total. The number of amides is 2. The largest absolute Gasteiger partial charge is 0.494 e. The molecule has 1 aromatic carbocycles. The average molecular weight is 449 g/mol. The van der Waals surface area contributed by atoms with Crippen LogP contribution in [0.3, 0.4) is 0 Å². The van der Waals surface area contributed by atoms with Crippen molar-refractivity contribution in [1.82, 2.24) is 25.5 Å². The van der Waals surface area contributed by atoms with Crippen molar-refractivity contribution < 1.29 is 19.1 Å². The molecule has 0 spiro atoms. The molecule has 1 fully saturated rings. The van der Waals surface area contributed by atoms with Crippen molar-refractivity contribution in [3.63, 3.8) is 0 Å². The number of para-hydroxylation sites is 1. The number of aromatic nitrogens is 4. The summed E-state index contributed by atoms with van der Waals surface area (Å²) in [5.74, 6) is 1.14. The molecule has 2 amide bonds. The standard InChI is InChI=1S/C22H23N7O4/c1-23-22(31)18-16(9-17(28-29-18)27-21(30)12-7-8-12)26-15-6-4-5-14(19(15)33-3)20-24-10-13(32-2)11-25-20/h4-6,9-12H,7-8H2,1-3H3,(H,23,31)(H2,26,27,28,30). The molecule has 0 atom stereocenters. The quantitative estimate of drug-likeness (QED) is 0.473. The number of hydrogen-bond donors (Lipinski definition) is 3. The van der Waals surface area contributed by atoms with Crippen molar-refractivity contribution in [2.75, 3.05) is 31.9 Å². The third-order valence-corrected chi connectivity index (χ3v) is 5.03. The molecular formula is C22H23N7O4. The molecule has 0 saturated heterocycles. The summed E-state index contributed by atoms with van der Waals surface area (Å²) in [6.45, 7) is 0. The van der Waals surface area contributed by atoms with Crippen molar-refractivity contribution in [3.8, 4) is 22.9 Å². The van der Waals surface area contributed by atoms with Crippen molar-refractivity contribution >= 4 is 29.0 Å². The number of nitrogens with zero attached hydrogens (tertiary/aromatic N) is 4. The second-order valence-electron chi connectivity index (χ2n) is 7.29. The van der Waals surface area contributed by atoms with E-state index in [1.54, 1.807) is 30.6 Å². The van der Waals surface area contributed by atoms with E-state index in [1.165, 1.54) is 21.3 Å². The van der Waals surface area contributed by atoms with Gasteiger partial charge in [0.25, 0.3) is 5.91 Å². The van der Waals surface area contributed by atoms with Crippen LogP contribution in [-0.4, -0.2) is 53.2 Å². The SMILES string of the molecule is CNC(=O)c1nnc(NC(=O)C2CC2)cc1Nc1cccc(-c2ncc(OC)cn2)c1OC. The zero-order chi connectivity index (χ0) is 23.4. The van der Waals surface area contributed by atoms with Crippen LogP contribution in [0.1, 0.15) is 23.3 Å². The lowest BCUT2D eigenvalue weighted by molar-refractivity contribution is -0.117. The molecule has 0 bridgehead atoms. The molecule has 1 saturated carbocycles. The van der Waals surface area contributed by atoms with Crippen molar-refractivity contribution in [1.29, 1.82) is 0 Å². The molecule has 0 aliphatic heterocycles. The highest BCUT2D eigenvalue weighted by Crippen LogP contribution is 2.37. The predicted molar refractivity (Wildman–Crippen MR) is 121 cm³/mol. The monoisotopic (exact) mass is 449 g/mol. The average Bonchev–Trinajstić information content (AvgIpc) is 3.69. The van der Waals surface area contributed by atoms with E-state index in [2.05, 4.69) is 36.1 Å². The van der Waals surface area contributed by atoms with Crippen LogP contribution in [0.15, 0.2) is 36.7 Å². The van der Waals surface area contributed by atoms with Gasteiger partial charge < -0.3 is 25.4 Å². The molecule has 2 aromatic heterocycles. The Bertz CT molecular complexity index is 1180. The lowest BCUT2D eigenvalue weighted by Gasteiger charge is -2.16. The molecular weight excluding hydrogens is 426 g/mol. The van der Waals surface area contributed by atoms with E-state index in [0.29, 0.717) is 34.3 Å². The lowest BCUT2D eigenvalue weighted by atomic mass is 10.1. The zero-order valence-corrected chi connectivity index (χ0v) is 18.4. The number of carbonyl (C=O) groups is 2. The molecule has 3 N–H and O–H groups in total. The smallest absolute Gasteiger partial charge is 0.273 e. The normalized spacial score (nSPS) is 12.6. The number of methoxy groups -OCH3 is 2. The van der Waals surface area contributed by atoms with Gasteiger partial charge in [-0.05, 0) is 25.0 Å². The molecule has 1 aliphatic carbocycles. The summed E-state index contributed by atoms with van der Waals surface area (Å²) in [6.07, 6.45) is 4.84. The first kappa shape index (κ1) is 21.9. The summed E-state index contributed by atoms with van der Waals surface area (Å²) in [5, 5.41) is 16.5. The fourth-order valence-electron chi connectivity index (χ4n) is 3.15. The molecule has 170 valence electrons. The highest BCUT2D eigenvalue weighted by molar-refractivity contribution is 6.00. The Kier molecular flexibility index (Phi) is 6.29. The number of nitrogens with one attached hydrogen (secondary N) is 3. The van der Waals surface area contributed by atoms with E-state index < -0.39 is 5.91 Å². The summed E-state index contributed by atoms with van der Waals surface area (Å²) in [6, 6.07) is 6.96. The van der Waals surface area contributed by atoms with Crippen LogP contribution >= 0.6 is 0 Å². The Balaban J connectivity index is 1.70. The van der Waals surface area contributed by atoms with Gasteiger partial charge in [0.15, 0.2) is 28.8 Å². The van der Waals surface area contributed by atoms with Crippen LogP contribution in [-0.2, 0) is 4.79 Å². The minimum absolute atomic E-state index is 0.00287. The zero-order valence-electron chi connectivity index (χ0n) is 18.4. The molecule has 4 rings (SSSR count). The van der Waals surface area contributed by atoms with Crippen molar-refractivity contribution in [3.05, 3.63) is 42.4 Å². The Labute approximate surface area is 190 Å². The Hall–Kier alpha value is -4.28. The van der Waals surface area contributed by atoms with E-state index in [0.717, 1.165) is 12.8 Å². The Morgan fingerprint density at radius 1 is 1.03 bits per heavy atom. The maximum absolute atomic E-state index is 12.4. The van der Waals surface area contributed by atoms with Crippen LogP contribution in [0.4, 0.5) is 17.2 Å². The van der Waals surface area contributed by atoms with Gasteiger partial charge in [-0.1, -0.05) is 6.07 Å². The number of hydrogen-bond acceptors (Lipinski definition) is 9. The highest BCUT2D eigenvalue weighted by atomic mass is 16.5. The van der Waals surface area contributed by atoms with Gasteiger partial charge in [0.05, 0.1) is 43.6 Å². The minimum atomic E-state index is -0.432. The van der Waals surface area contributed by atoms with Crippen LogP contribution in [0.25, 0.3) is 11.4 Å². The van der Waals surface area contributed by atoms with E-state index in [4.69, 9.17) is 9.47 Å². The maximum Gasteiger partial charge on any atom is 0.273 e. The number of ether oxygens (including phenoxy) is 2. The molecule has 11 heteroatoms. The van der Waals surface area contributed by atoms with Gasteiger partial charge in [-0.2, -0.15) is 0 Å². The lowest BCUT2D eigenvalue weighted by Crippen LogP contribution is -2.22. The van der Waals surface area contributed by atoms with Gasteiger partial charge in [-0.3, -0.25) is 9.59 Å². The van der Waals surface area contributed by atoms with Gasteiger partial charge in [0.2, 0.25) is 5.91 Å². The third kappa shape index (κ3) is 4.81. The maximum atomic E-state index is 12.4. The van der Waals surface area contributed by atoms with E-state index in [1.807, 2.05) is 6.07 Å². The Morgan fingerprint density at radius 3 is 2.42 bits per heavy atom. The molecule has 3 aromatic rings. The van der Waals surface area contributed by atoms with Gasteiger partial charge in [0.1, 0.15) is 0 Å². The molecule has 33 heavy (non-hydrogen) atoms. The minimum Gasteiger partial charge on any atom is -0.494 e. The molecule has 1 aliphatic rings. The Morgan fingerprint density at radius 2 is 1.79 bits per heavy atom. The predicted octanol–water partition coefficient (Wildman–Crippen LogP) is 2.40. The number of benzene rings is 1. The molecule has 0 radical (unpaired) electrons. The van der Waals surface area contributed by atoms with E-state index in [-0.39, 0.29) is 23.3 Å². The molecule has 0 unspecified atom stereocenters. The van der Waals surface area contributed by atoms with E-state index >= 15 is 0 Å². The number of carbonyl (C=O) groups excluding carboxylic acids is 2. The first-order chi connectivity index (χ1) is 16.0. The first-order valence-corrected chi connectivity index (χ1v) is 10.2. The van der Waals surface area contributed by atoms with Crippen LogP contribution in [0.2, 0.25) is 0 Å². The fraction of sp³-hybridized carbons (Fsp3) is 0.273. The first-order valence-electron chi connectivity index (χ1n) is 10.2. The summed E-state index contributed by atoms with van der Waals surface area (Å²) >= 11 is 0. The van der Waals surface area contributed by atoms with Gasteiger partial charge in [0, 0.05) is 19.0 Å². The van der Waals surface area contributed by atoms with E-state index in [9.17, 15) is 9.59 Å². The molecule has 2 heterocycles. The fourth-order valence-corrected chi connectivity index (χ4v) is 3.15. The van der Waals surface area contributed by atoms with Gasteiger partial charge in [-0.15, -0.1) is 10.2 Å². The second-order valence-corrected chi connectivity index (χ2v) is 7.29. The van der Waals surface area contributed by atoms with Crippen molar-refractivity contribution in [2.45, 2.75) is 12.8 Å². The van der Waals surface area contributed by atoms with Crippen LogP contribution < -0.4 is 25.4 Å². The van der Waals surface area contributed by atoms with Crippen molar-refractivity contribution in [2.24, 2.45) is 5.92 Å². The summed E-state index contributed by atoms with van der Waals surface area (Å²) in [5.41, 5.74) is 1.60. The summed E-state index contributed by atoms with van der Waals surface area (Å²) < 4.78 is 10.8. The number of anilines is 3. The van der Waals surface area contributed by atoms with Gasteiger partial charge >= 0.3 is 0 Å². The van der Waals surface area contributed by atoms with Crippen LogP contribution in [0.5, 0.6) is 11.5 Å². The highest BCUT2D eigenvalue weighted by Gasteiger charge is 2.30. The second kappa shape index (κ2) is 9.47. The summed E-state index contributed by atoms with van der Waals surface area (Å²) in [7, 11) is 4.57. The number of rotatable bonds is 8. The summed E-state index contributed by atoms with van der Waals surface area (Å²) in [4.78, 5) is 33.2. The topological polar surface area (TPSA) is 140 Å². The van der Waals surface area contributed by atoms with Crippen LogP contribution in [0, 0.1) is 5.92 Å².